The average molecular weight is 321 g/mol. The van der Waals surface area contributed by atoms with E-state index in [4.69, 9.17) is 5.73 Å². The van der Waals surface area contributed by atoms with Crippen LogP contribution < -0.4 is 11.1 Å². The minimum atomic E-state index is -0.296. The van der Waals surface area contributed by atoms with E-state index in [0.29, 0.717) is 16.1 Å². The van der Waals surface area contributed by atoms with Crippen molar-refractivity contribution in [2.75, 3.05) is 11.1 Å². The molecular weight excluding hydrogens is 311 g/mol. The number of nitrogens with one attached hydrogen (secondary N) is 2. The maximum Gasteiger partial charge on any atom is 0.205 e. The number of imidazole rings is 1. The van der Waals surface area contributed by atoms with Gasteiger partial charge in [0.2, 0.25) is 5.95 Å². The summed E-state index contributed by atoms with van der Waals surface area (Å²) in [5, 5.41) is 3.09. The molecule has 0 saturated carbocycles. The third-order valence-electron chi connectivity index (χ3n) is 2.69. The van der Waals surface area contributed by atoms with Crippen LogP contribution in [-0.4, -0.2) is 9.97 Å². The SMILES string of the molecule is Nc1ccc2nc(Nc3ccc(F)cc3Br)[nH]c2c1. The number of rotatable bonds is 2. The van der Waals surface area contributed by atoms with E-state index in [2.05, 4.69) is 31.2 Å². The van der Waals surface area contributed by atoms with E-state index in [1.54, 1.807) is 12.1 Å². The first-order valence-corrected chi connectivity index (χ1v) is 6.38. The second-order valence-corrected chi connectivity index (χ2v) is 4.97. The van der Waals surface area contributed by atoms with Crippen molar-refractivity contribution in [3.8, 4) is 0 Å². The van der Waals surface area contributed by atoms with Gasteiger partial charge < -0.3 is 16.0 Å². The lowest BCUT2D eigenvalue weighted by Gasteiger charge is -2.04. The Morgan fingerprint density at radius 2 is 2.05 bits per heavy atom. The molecule has 19 heavy (non-hydrogen) atoms. The summed E-state index contributed by atoms with van der Waals surface area (Å²) in [6.45, 7) is 0. The van der Waals surface area contributed by atoms with Gasteiger partial charge in [-0.1, -0.05) is 0 Å². The van der Waals surface area contributed by atoms with Gasteiger partial charge in [0.1, 0.15) is 5.82 Å². The topological polar surface area (TPSA) is 66.7 Å². The van der Waals surface area contributed by atoms with E-state index in [1.807, 2.05) is 12.1 Å². The Hall–Kier alpha value is -2.08. The molecule has 0 aliphatic carbocycles. The molecule has 2 aromatic carbocycles. The Balaban J connectivity index is 1.96. The molecule has 0 fully saturated rings. The van der Waals surface area contributed by atoms with Gasteiger partial charge in [0.15, 0.2) is 0 Å². The van der Waals surface area contributed by atoms with Crippen LogP contribution in [0.15, 0.2) is 40.9 Å². The molecular formula is C13H10BrFN4. The van der Waals surface area contributed by atoms with Crippen LogP contribution in [0.2, 0.25) is 0 Å². The second kappa shape index (κ2) is 4.55. The molecule has 3 rings (SSSR count). The van der Waals surface area contributed by atoms with E-state index in [1.165, 1.54) is 12.1 Å². The first kappa shape index (κ1) is 12.0. The number of nitrogens with zero attached hydrogens (tertiary/aromatic N) is 1. The average Bonchev–Trinajstić information content (AvgIpc) is 2.74. The first-order valence-electron chi connectivity index (χ1n) is 5.59. The molecule has 1 heterocycles. The minimum absolute atomic E-state index is 0.296. The van der Waals surface area contributed by atoms with Crippen LogP contribution in [0, 0.1) is 5.82 Å². The van der Waals surface area contributed by atoms with Gasteiger partial charge in [0.05, 0.1) is 16.7 Å². The summed E-state index contributed by atoms with van der Waals surface area (Å²) in [5.41, 5.74) is 8.77. The molecule has 0 radical (unpaired) electrons. The normalized spacial score (nSPS) is 10.8. The van der Waals surface area contributed by atoms with Crippen molar-refractivity contribution >= 4 is 44.3 Å². The number of aromatic nitrogens is 2. The van der Waals surface area contributed by atoms with Crippen LogP contribution >= 0.6 is 15.9 Å². The fraction of sp³-hybridized carbons (Fsp3) is 0. The quantitative estimate of drug-likeness (QED) is 0.629. The van der Waals surface area contributed by atoms with Crippen LogP contribution in [0.4, 0.5) is 21.7 Å². The smallest absolute Gasteiger partial charge is 0.205 e. The van der Waals surface area contributed by atoms with Crippen LogP contribution in [0.5, 0.6) is 0 Å². The lowest BCUT2D eigenvalue weighted by Crippen LogP contribution is -1.93. The van der Waals surface area contributed by atoms with Gasteiger partial charge in [0, 0.05) is 10.2 Å². The zero-order valence-corrected chi connectivity index (χ0v) is 11.3. The van der Waals surface area contributed by atoms with Crippen molar-refractivity contribution in [1.29, 1.82) is 0 Å². The van der Waals surface area contributed by atoms with E-state index >= 15 is 0 Å². The Bertz CT molecular complexity index is 753. The van der Waals surface area contributed by atoms with Gasteiger partial charge in [-0.3, -0.25) is 0 Å². The number of nitrogen functional groups attached to an aromatic ring is 1. The standard InChI is InChI=1S/C13H10BrFN4/c14-9-5-7(15)1-3-10(9)17-13-18-11-4-2-8(16)6-12(11)19-13/h1-6H,16H2,(H2,17,18,19). The summed E-state index contributed by atoms with van der Waals surface area (Å²) in [7, 11) is 0. The van der Waals surface area contributed by atoms with E-state index in [-0.39, 0.29) is 5.82 Å². The maximum atomic E-state index is 13.0. The maximum absolute atomic E-state index is 13.0. The van der Waals surface area contributed by atoms with E-state index < -0.39 is 0 Å². The van der Waals surface area contributed by atoms with Crippen molar-refractivity contribution in [3.63, 3.8) is 0 Å². The summed E-state index contributed by atoms with van der Waals surface area (Å²) in [5.74, 6) is 0.280. The molecule has 0 atom stereocenters. The number of hydrogen-bond acceptors (Lipinski definition) is 3. The first-order chi connectivity index (χ1) is 9.11. The minimum Gasteiger partial charge on any atom is -0.399 e. The summed E-state index contributed by atoms with van der Waals surface area (Å²) in [6.07, 6.45) is 0. The van der Waals surface area contributed by atoms with Crippen LogP contribution in [0.25, 0.3) is 11.0 Å². The van der Waals surface area contributed by atoms with Gasteiger partial charge in [-0.05, 0) is 52.3 Å². The highest BCUT2D eigenvalue weighted by atomic mass is 79.9. The molecule has 0 aliphatic rings. The summed E-state index contributed by atoms with van der Waals surface area (Å²) < 4.78 is 13.6. The summed E-state index contributed by atoms with van der Waals surface area (Å²) >= 11 is 3.30. The molecule has 0 spiro atoms. The van der Waals surface area contributed by atoms with E-state index in [0.717, 1.165) is 16.7 Å². The number of anilines is 3. The Kier molecular flexibility index (Phi) is 2.87. The Labute approximate surface area is 117 Å². The van der Waals surface area contributed by atoms with Crippen molar-refractivity contribution < 1.29 is 4.39 Å². The number of hydrogen-bond donors (Lipinski definition) is 3. The third-order valence-corrected chi connectivity index (χ3v) is 3.35. The Morgan fingerprint density at radius 3 is 2.84 bits per heavy atom. The molecule has 1 aromatic heterocycles. The third kappa shape index (κ3) is 2.39. The number of fused-ring (bicyclic) bond motifs is 1. The number of benzene rings is 2. The predicted molar refractivity (Wildman–Crippen MR) is 77.9 cm³/mol. The molecule has 0 unspecified atom stereocenters. The lowest BCUT2D eigenvalue weighted by atomic mass is 10.3. The van der Waals surface area contributed by atoms with Crippen LogP contribution in [0.1, 0.15) is 0 Å². The summed E-state index contributed by atoms with van der Waals surface area (Å²) in [6, 6.07) is 9.86. The molecule has 6 heteroatoms. The highest BCUT2D eigenvalue weighted by molar-refractivity contribution is 9.10. The van der Waals surface area contributed by atoms with Crippen molar-refractivity contribution in [2.45, 2.75) is 0 Å². The Morgan fingerprint density at radius 1 is 1.21 bits per heavy atom. The molecule has 0 amide bonds. The molecule has 0 aliphatic heterocycles. The fourth-order valence-electron chi connectivity index (χ4n) is 1.80. The molecule has 0 saturated heterocycles. The van der Waals surface area contributed by atoms with Gasteiger partial charge in [-0.25, -0.2) is 9.37 Å². The lowest BCUT2D eigenvalue weighted by molar-refractivity contribution is 0.627. The van der Waals surface area contributed by atoms with Crippen LogP contribution in [0.3, 0.4) is 0 Å². The summed E-state index contributed by atoms with van der Waals surface area (Å²) in [4.78, 5) is 7.49. The molecule has 96 valence electrons. The monoisotopic (exact) mass is 320 g/mol. The molecule has 4 N–H and O–H groups in total. The van der Waals surface area contributed by atoms with Gasteiger partial charge in [-0.2, -0.15) is 0 Å². The molecule has 0 bridgehead atoms. The number of aromatic amines is 1. The number of halogens is 2. The van der Waals surface area contributed by atoms with Crippen molar-refractivity contribution in [2.24, 2.45) is 0 Å². The van der Waals surface area contributed by atoms with Gasteiger partial charge >= 0.3 is 0 Å². The molecule has 3 aromatic rings. The fourth-order valence-corrected chi connectivity index (χ4v) is 2.25. The highest BCUT2D eigenvalue weighted by Crippen LogP contribution is 2.26. The van der Waals surface area contributed by atoms with Crippen molar-refractivity contribution in [3.05, 3.63) is 46.7 Å². The van der Waals surface area contributed by atoms with Crippen LogP contribution in [-0.2, 0) is 0 Å². The second-order valence-electron chi connectivity index (χ2n) is 4.11. The van der Waals surface area contributed by atoms with Gasteiger partial charge in [0.25, 0.3) is 0 Å². The highest BCUT2D eigenvalue weighted by Gasteiger charge is 2.06. The number of H-pyrrole nitrogens is 1. The largest absolute Gasteiger partial charge is 0.399 e. The number of nitrogens with two attached hydrogens (primary N) is 1. The van der Waals surface area contributed by atoms with E-state index in [9.17, 15) is 4.39 Å². The molecule has 4 nitrogen and oxygen atoms in total. The van der Waals surface area contributed by atoms with Crippen molar-refractivity contribution in [1.82, 2.24) is 9.97 Å². The predicted octanol–water partition coefficient (Wildman–Crippen LogP) is 3.79. The zero-order chi connectivity index (χ0) is 13.4. The zero-order valence-electron chi connectivity index (χ0n) is 9.74. The van der Waals surface area contributed by atoms with Gasteiger partial charge in [-0.15, -0.1) is 0 Å².